The van der Waals surface area contributed by atoms with E-state index in [-0.39, 0.29) is 23.5 Å². The summed E-state index contributed by atoms with van der Waals surface area (Å²) < 4.78 is 2.44. The molecule has 4 unspecified atom stereocenters. The van der Waals surface area contributed by atoms with Crippen LogP contribution >= 0.6 is 0 Å². The molecule has 0 amide bonds. The van der Waals surface area contributed by atoms with E-state index in [0.717, 1.165) is 50.7 Å². The van der Waals surface area contributed by atoms with Crippen molar-refractivity contribution in [1.82, 2.24) is 14.5 Å². The first kappa shape index (κ1) is 47.5. The summed E-state index contributed by atoms with van der Waals surface area (Å²) >= 11 is 0. The molecule has 4 atom stereocenters. The highest BCUT2D eigenvalue weighted by Gasteiger charge is 2.55. The maximum absolute atomic E-state index is 5.49. The molecule has 1 aliphatic carbocycles. The number of hydrogen-bond donors (Lipinski definition) is 0. The highest BCUT2D eigenvalue weighted by molar-refractivity contribution is 6.12. The quantitative estimate of drug-likeness (QED) is 0.152. The molecule has 0 saturated carbocycles. The molecule has 5 heterocycles. The van der Waals surface area contributed by atoms with Gasteiger partial charge in [0.1, 0.15) is 0 Å². The summed E-state index contributed by atoms with van der Waals surface area (Å²) in [6, 6.07) is 102. The Kier molecular flexibility index (Phi) is 10.5. The lowest BCUT2D eigenvalue weighted by atomic mass is 9.75. The Morgan fingerprint density at radius 2 is 0.735 bits per heavy atom. The largest absolute Gasteiger partial charge is 0.333 e. The van der Waals surface area contributed by atoms with E-state index in [1.807, 2.05) is 0 Å². The summed E-state index contributed by atoms with van der Waals surface area (Å²) in [6.07, 6.45) is 0. The fourth-order valence-corrected chi connectivity index (χ4v) is 14.9. The van der Waals surface area contributed by atoms with Crippen molar-refractivity contribution < 1.29 is 0 Å². The van der Waals surface area contributed by atoms with Crippen LogP contribution in [-0.4, -0.2) is 14.5 Å². The SMILES string of the molecule is CC1(C)c2ccc(-c3ccc4c(c3)c3cc(-c5ccc6c(c5)C5C(c7ccccc7N5c5ccccc5)N6c5nc(-c6ccccc6)cc(-c6ccccc6)n5)ccc3n4-c3ccccc3)cc2C2C1c1ccccc1N2c1ccccc1. The van der Waals surface area contributed by atoms with Crippen LogP contribution in [0.1, 0.15) is 65.7 Å². The molecule has 6 nitrogen and oxygen atoms in total. The van der Waals surface area contributed by atoms with Gasteiger partial charge < -0.3 is 19.3 Å². The van der Waals surface area contributed by atoms with Crippen molar-refractivity contribution in [3.05, 3.63) is 307 Å². The minimum absolute atomic E-state index is 0.0624. The summed E-state index contributed by atoms with van der Waals surface area (Å²) in [4.78, 5) is 18.6. The lowest BCUT2D eigenvalue weighted by molar-refractivity contribution is 0.420. The van der Waals surface area contributed by atoms with E-state index < -0.39 is 0 Å². The van der Waals surface area contributed by atoms with Crippen LogP contribution < -0.4 is 14.7 Å². The molecule has 2 aromatic heterocycles. The van der Waals surface area contributed by atoms with Gasteiger partial charge in [-0.1, -0.05) is 196 Å². The van der Waals surface area contributed by atoms with Crippen molar-refractivity contribution in [3.8, 4) is 50.5 Å². The highest BCUT2D eigenvalue weighted by Crippen LogP contribution is 2.66. The molecule has 4 aliphatic rings. The number of hydrogen-bond acceptors (Lipinski definition) is 5. The third-order valence-corrected chi connectivity index (χ3v) is 18.5. The predicted octanol–water partition coefficient (Wildman–Crippen LogP) is 19.6. The molecular weight excluding hydrogens is 1010 g/mol. The van der Waals surface area contributed by atoms with Crippen molar-refractivity contribution in [2.75, 3.05) is 14.7 Å². The lowest BCUT2D eigenvalue weighted by Gasteiger charge is -2.30. The summed E-state index contributed by atoms with van der Waals surface area (Å²) in [5, 5.41) is 2.44. The van der Waals surface area contributed by atoms with Gasteiger partial charge in [0.25, 0.3) is 0 Å². The molecule has 0 bridgehead atoms. The van der Waals surface area contributed by atoms with E-state index in [1.165, 1.54) is 77.8 Å². The Labute approximate surface area is 483 Å². The molecule has 0 saturated heterocycles. The van der Waals surface area contributed by atoms with Gasteiger partial charge in [0.2, 0.25) is 5.95 Å². The number of benzene rings is 11. The minimum atomic E-state index is -0.113. The zero-order chi connectivity index (χ0) is 54.9. The molecular formula is C77H56N6. The fraction of sp³-hybridized carbons (Fsp3) is 0.0909. The fourth-order valence-electron chi connectivity index (χ4n) is 14.9. The van der Waals surface area contributed by atoms with E-state index in [1.54, 1.807) is 0 Å². The topological polar surface area (TPSA) is 40.4 Å². The maximum Gasteiger partial charge on any atom is 0.231 e. The summed E-state index contributed by atoms with van der Waals surface area (Å²) in [5.41, 5.74) is 24.8. The molecule has 0 radical (unpaired) electrons. The third kappa shape index (κ3) is 7.22. The number of nitrogens with zero attached hydrogens (tertiary/aromatic N) is 6. The van der Waals surface area contributed by atoms with Crippen LogP contribution in [0.2, 0.25) is 0 Å². The van der Waals surface area contributed by atoms with Gasteiger partial charge in [-0.3, -0.25) is 0 Å². The highest BCUT2D eigenvalue weighted by atomic mass is 15.4. The normalized spacial score (nSPS) is 17.8. The van der Waals surface area contributed by atoms with E-state index in [4.69, 9.17) is 9.97 Å². The van der Waals surface area contributed by atoms with Crippen LogP contribution in [0.15, 0.2) is 279 Å². The molecule has 11 aromatic carbocycles. The van der Waals surface area contributed by atoms with Crippen molar-refractivity contribution >= 4 is 56.2 Å². The van der Waals surface area contributed by atoms with E-state index in [0.29, 0.717) is 11.9 Å². The zero-order valence-electron chi connectivity index (χ0n) is 46.1. The molecule has 0 spiro atoms. The van der Waals surface area contributed by atoms with Gasteiger partial charge in [0.15, 0.2) is 0 Å². The Balaban J connectivity index is 0.831. The molecule has 17 rings (SSSR count). The number of fused-ring (bicyclic) bond motifs is 13. The molecule has 0 fully saturated rings. The Morgan fingerprint density at radius 3 is 1.31 bits per heavy atom. The van der Waals surface area contributed by atoms with Crippen LogP contribution in [0.25, 0.3) is 72.3 Å². The first-order chi connectivity index (χ1) is 40.9. The van der Waals surface area contributed by atoms with Gasteiger partial charge in [-0.25, -0.2) is 9.97 Å². The number of aromatic nitrogens is 3. The monoisotopic (exact) mass is 1060 g/mol. The minimum Gasteiger partial charge on any atom is -0.333 e. The Bertz CT molecular complexity index is 4630. The van der Waals surface area contributed by atoms with E-state index in [9.17, 15) is 0 Å². The molecule has 83 heavy (non-hydrogen) atoms. The number of rotatable bonds is 8. The average molecular weight is 1070 g/mol. The van der Waals surface area contributed by atoms with Crippen molar-refractivity contribution in [2.24, 2.45) is 0 Å². The Morgan fingerprint density at radius 1 is 0.313 bits per heavy atom. The maximum atomic E-state index is 5.49. The zero-order valence-corrected chi connectivity index (χ0v) is 46.1. The lowest BCUT2D eigenvalue weighted by Crippen LogP contribution is -2.25. The second-order valence-corrected chi connectivity index (χ2v) is 23.3. The molecule has 3 aliphatic heterocycles. The second-order valence-electron chi connectivity index (χ2n) is 23.3. The van der Waals surface area contributed by atoms with Gasteiger partial charge in [-0.2, -0.15) is 0 Å². The van der Waals surface area contributed by atoms with Gasteiger partial charge in [-0.15, -0.1) is 0 Å². The second kappa shape index (κ2) is 18.4. The van der Waals surface area contributed by atoms with E-state index >= 15 is 0 Å². The van der Waals surface area contributed by atoms with Crippen LogP contribution in [0, 0.1) is 0 Å². The van der Waals surface area contributed by atoms with Crippen LogP contribution in [0.4, 0.5) is 34.4 Å². The Hall–Kier alpha value is -10.3. The van der Waals surface area contributed by atoms with Crippen molar-refractivity contribution in [1.29, 1.82) is 0 Å². The molecule has 6 heteroatoms. The number of anilines is 6. The first-order valence-corrected chi connectivity index (χ1v) is 29.0. The molecule has 13 aromatic rings. The van der Waals surface area contributed by atoms with Crippen LogP contribution in [-0.2, 0) is 5.41 Å². The standard InChI is InChI=1S/C77H56N6/c1-77(2)64-40-36-51(46-62(64)73-72(77)58-32-18-20-34-67(58)81(73)56-28-14-6-15-29-56)52-37-41-69-60(44-52)61-45-53(38-42-70(61)80(69)55-26-12-5-13-27-55)54-39-43-71-63(47-54)75-74(59-33-19-21-35-68(59)82(75)57-30-16-7-17-31-57)83(71)76-78-65(49-22-8-3-9-23-49)48-66(79-76)50-24-10-4-11-25-50/h3-48,72-75H,1-2H3. The number of para-hydroxylation sites is 5. The first-order valence-electron chi connectivity index (χ1n) is 29.0. The summed E-state index contributed by atoms with van der Waals surface area (Å²) in [5.74, 6) is 0.996. The van der Waals surface area contributed by atoms with E-state index in [2.05, 4.69) is 312 Å². The summed E-state index contributed by atoms with van der Waals surface area (Å²) in [7, 11) is 0. The van der Waals surface area contributed by atoms with Gasteiger partial charge >= 0.3 is 0 Å². The predicted molar refractivity (Wildman–Crippen MR) is 341 cm³/mol. The van der Waals surface area contributed by atoms with Crippen LogP contribution in [0.5, 0.6) is 0 Å². The smallest absolute Gasteiger partial charge is 0.231 e. The van der Waals surface area contributed by atoms with Crippen LogP contribution in [0.3, 0.4) is 0 Å². The molecule has 394 valence electrons. The van der Waals surface area contributed by atoms with Gasteiger partial charge in [0, 0.05) is 67.4 Å². The van der Waals surface area contributed by atoms with Gasteiger partial charge in [-0.05, 0) is 141 Å². The van der Waals surface area contributed by atoms with Crippen molar-refractivity contribution in [3.63, 3.8) is 0 Å². The average Bonchev–Trinajstić information content (AvgIpc) is 1.72. The molecule has 0 N–H and O–H groups in total. The van der Waals surface area contributed by atoms with Crippen molar-refractivity contribution in [2.45, 2.75) is 43.3 Å². The van der Waals surface area contributed by atoms with Gasteiger partial charge in [0.05, 0.1) is 46.2 Å². The third-order valence-electron chi connectivity index (χ3n) is 18.5. The summed E-state index contributed by atoms with van der Waals surface area (Å²) in [6.45, 7) is 4.90.